The summed E-state index contributed by atoms with van der Waals surface area (Å²) in [5.41, 5.74) is 1.71. The number of hydrogen-bond acceptors (Lipinski definition) is 1. The van der Waals surface area contributed by atoms with Crippen molar-refractivity contribution in [2.75, 3.05) is 0 Å². The van der Waals surface area contributed by atoms with E-state index in [4.69, 9.17) is 0 Å². The third-order valence-corrected chi connectivity index (χ3v) is 3.47. The van der Waals surface area contributed by atoms with E-state index in [9.17, 15) is 0 Å². The summed E-state index contributed by atoms with van der Waals surface area (Å²) in [6.07, 6.45) is 3.94. The van der Waals surface area contributed by atoms with Crippen LogP contribution >= 0.6 is 0 Å². The van der Waals surface area contributed by atoms with Gasteiger partial charge in [-0.25, -0.2) is 0 Å². The molecule has 2 rings (SSSR count). The normalized spacial score (nSPS) is 18.4. The standard InChI is InChI=1S/C15H23N/c1-12(16-14-9-10-14)11-15(2,3)13-7-5-4-6-8-13/h4-8,12,14,16H,9-11H2,1-3H3. The average molecular weight is 217 g/mol. The monoisotopic (exact) mass is 217 g/mol. The zero-order valence-corrected chi connectivity index (χ0v) is 10.7. The molecule has 1 heteroatoms. The summed E-state index contributed by atoms with van der Waals surface area (Å²) in [5.74, 6) is 0. The molecule has 1 aromatic carbocycles. The van der Waals surface area contributed by atoms with Crippen molar-refractivity contribution in [3.8, 4) is 0 Å². The van der Waals surface area contributed by atoms with Crippen molar-refractivity contribution in [3.63, 3.8) is 0 Å². The van der Waals surface area contributed by atoms with Crippen molar-refractivity contribution in [2.24, 2.45) is 0 Å². The lowest BCUT2D eigenvalue weighted by molar-refractivity contribution is 0.387. The van der Waals surface area contributed by atoms with E-state index in [-0.39, 0.29) is 5.41 Å². The Morgan fingerprint density at radius 2 is 1.88 bits per heavy atom. The Hall–Kier alpha value is -0.820. The molecule has 1 aliphatic carbocycles. The molecule has 1 aliphatic rings. The minimum Gasteiger partial charge on any atom is -0.311 e. The summed E-state index contributed by atoms with van der Waals surface area (Å²) in [7, 11) is 0. The Morgan fingerprint density at radius 1 is 1.25 bits per heavy atom. The van der Waals surface area contributed by atoms with E-state index < -0.39 is 0 Å². The Balaban J connectivity index is 1.95. The molecule has 0 radical (unpaired) electrons. The van der Waals surface area contributed by atoms with E-state index in [1.807, 2.05) is 0 Å². The first-order valence-electron chi connectivity index (χ1n) is 6.39. The first-order chi connectivity index (χ1) is 7.58. The molecule has 0 heterocycles. The minimum atomic E-state index is 0.266. The zero-order valence-electron chi connectivity index (χ0n) is 10.7. The van der Waals surface area contributed by atoms with Crippen LogP contribution < -0.4 is 5.32 Å². The van der Waals surface area contributed by atoms with Gasteiger partial charge in [0.1, 0.15) is 0 Å². The van der Waals surface area contributed by atoms with Gasteiger partial charge in [0.2, 0.25) is 0 Å². The highest BCUT2D eigenvalue weighted by atomic mass is 15.0. The zero-order chi connectivity index (χ0) is 11.6. The van der Waals surface area contributed by atoms with E-state index in [2.05, 4.69) is 56.4 Å². The molecule has 0 amide bonds. The molecule has 1 nitrogen and oxygen atoms in total. The van der Waals surface area contributed by atoms with E-state index >= 15 is 0 Å². The fourth-order valence-electron chi connectivity index (χ4n) is 2.48. The molecule has 0 saturated heterocycles. The molecule has 0 bridgehead atoms. The highest BCUT2D eigenvalue weighted by molar-refractivity contribution is 5.23. The average Bonchev–Trinajstić information content (AvgIpc) is 3.02. The number of nitrogens with one attached hydrogen (secondary N) is 1. The lowest BCUT2D eigenvalue weighted by atomic mass is 9.79. The predicted octanol–water partition coefficient (Wildman–Crippen LogP) is 3.49. The van der Waals surface area contributed by atoms with Gasteiger partial charge in [-0.1, -0.05) is 44.2 Å². The van der Waals surface area contributed by atoms with Crippen LogP contribution in [-0.4, -0.2) is 12.1 Å². The molecule has 16 heavy (non-hydrogen) atoms. The molecule has 0 aromatic heterocycles. The maximum atomic E-state index is 3.68. The summed E-state index contributed by atoms with van der Waals surface area (Å²) in [4.78, 5) is 0. The van der Waals surface area contributed by atoms with E-state index in [1.54, 1.807) is 0 Å². The van der Waals surface area contributed by atoms with Gasteiger partial charge in [0.15, 0.2) is 0 Å². The van der Waals surface area contributed by atoms with Gasteiger partial charge >= 0.3 is 0 Å². The summed E-state index contributed by atoms with van der Waals surface area (Å²) < 4.78 is 0. The van der Waals surface area contributed by atoms with Crippen molar-refractivity contribution in [2.45, 2.75) is 57.5 Å². The Labute approximate surface area is 99.3 Å². The Bertz CT molecular complexity index is 325. The quantitative estimate of drug-likeness (QED) is 0.796. The molecule has 0 spiro atoms. The van der Waals surface area contributed by atoms with Crippen LogP contribution in [-0.2, 0) is 5.41 Å². The fraction of sp³-hybridized carbons (Fsp3) is 0.600. The Morgan fingerprint density at radius 3 is 2.44 bits per heavy atom. The van der Waals surface area contributed by atoms with Crippen molar-refractivity contribution in [3.05, 3.63) is 35.9 Å². The van der Waals surface area contributed by atoms with Gasteiger partial charge in [0.25, 0.3) is 0 Å². The predicted molar refractivity (Wildman–Crippen MR) is 69.7 cm³/mol. The van der Waals surface area contributed by atoms with E-state index in [0.717, 1.165) is 6.04 Å². The van der Waals surface area contributed by atoms with Crippen molar-refractivity contribution in [1.82, 2.24) is 5.32 Å². The summed E-state index contributed by atoms with van der Waals surface area (Å²) in [6, 6.07) is 12.3. The molecule has 1 fully saturated rings. The summed E-state index contributed by atoms with van der Waals surface area (Å²) in [6.45, 7) is 6.99. The highest BCUT2D eigenvalue weighted by Crippen LogP contribution is 2.29. The molecule has 1 N–H and O–H groups in total. The molecular formula is C15H23N. The van der Waals surface area contributed by atoms with E-state index in [1.165, 1.54) is 24.8 Å². The smallest absolute Gasteiger partial charge is 0.00707 e. The first-order valence-corrected chi connectivity index (χ1v) is 6.39. The number of benzene rings is 1. The van der Waals surface area contributed by atoms with Crippen LogP contribution in [0, 0.1) is 0 Å². The Kier molecular flexibility index (Phi) is 3.34. The van der Waals surface area contributed by atoms with Crippen molar-refractivity contribution in [1.29, 1.82) is 0 Å². The molecule has 0 aliphatic heterocycles. The number of hydrogen-bond donors (Lipinski definition) is 1. The van der Waals surface area contributed by atoms with Gasteiger partial charge in [0, 0.05) is 12.1 Å². The van der Waals surface area contributed by atoms with Crippen LogP contribution in [0.15, 0.2) is 30.3 Å². The SMILES string of the molecule is CC(CC(C)(C)c1ccccc1)NC1CC1. The van der Waals surface area contributed by atoms with Crippen molar-refractivity contribution < 1.29 is 0 Å². The molecule has 1 aromatic rings. The van der Waals surface area contributed by atoms with Crippen molar-refractivity contribution >= 4 is 0 Å². The fourth-order valence-corrected chi connectivity index (χ4v) is 2.48. The van der Waals surface area contributed by atoms with Gasteiger partial charge in [-0.15, -0.1) is 0 Å². The van der Waals surface area contributed by atoms with Crippen LogP contribution in [0.25, 0.3) is 0 Å². The second-order valence-corrected chi connectivity index (χ2v) is 5.80. The molecule has 1 saturated carbocycles. The van der Waals surface area contributed by atoms with E-state index in [0.29, 0.717) is 6.04 Å². The maximum Gasteiger partial charge on any atom is 0.00707 e. The van der Waals surface area contributed by atoms with Crippen LogP contribution in [0.5, 0.6) is 0 Å². The lowest BCUT2D eigenvalue weighted by Crippen LogP contribution is -2.34. The largest absolute Gasteiger partial charge is 0.311 e. The summed E-state index contributed by atoms with van der Waals surface area (Å²) >= 11 is 0. The topological polar surface area (TPSA) is 12.0 Å². The second-order valence-electron chi connectivity index (χ2n) is 5.80. The third-order valence-electron chi connectivity index (χ3n) is 3.47. The molecule has 1 atom stereocenters. The van der Waals surface area contributed by atoms with Crippen LogP contribution in [0.1, 0.15) is 45.6 Å². The lowest BCUT2D eigenvalue weighted by Gasteiger charge is -2.29. The van der Waals surface area contributed by atoms with Crippen LogP contribution in [0.4, 0.5) is 0 Å². The first kappa shape index (κ1) is 11.7. The third kappa shape index (κ3) is 3.08. The minimum absolute atomic E-state index is 0.266. The van der Waals surface area contributed by atoms with Crippen LogP contribution in [0.3, 0.4) is 0 Å². The van der Waals surface area contributed by atoms with Gasteiger partial charge in [-0.3, -0.25) is 0 Å². The van der Waals surface area contributed by atoms with Crippen LogP contribution in [0.2, 0.25) is 0 Å². The van der Waals surface area contributed by atoms with Gasteiger partial charge < -0.3 is 5.32 Å². The van der Waals surface area contributed by atoms with Gasteiger partial charge in [0.05, 0.1) is 0 Å². The van der Waals surface area contributed by atoms with Gasteiger partial charge in [-0.05, 0) is 37.2 Å². The maximum absolute atomic E-state index is 3.68. The molecule has 1 unspecified atom stereocenters. The second kappa shape index (κ2) is 4.58. The van der Waals surface area contributed by atoms with Gasteiger partial charge in [-0.2, -0.15) is 0 Å². The molecular weight excluding hydrogens is 194 g/mol. The summed E-state index contributed by atoms with van der Waals surface area (Å²) in [5, 5.41) is 3.68. The number of rotatable bonds is 5. The molecule has 88 valence electrons. The highest BCUT2D eigenvalue weighted by Gasteiger charge is 2.27.